The first-order valence-electron chi connectivity index (χ1n) is 8.52. The summed E-state index contributed by atoms with van der Waals surface area (Å²) in [4.78, 5) is 48.0. The van der Waals surface area contributed by atoms with E-state index in [1.807, 2.05) is 0 Å². The molecule has 0 saturated carbocycles. The van der Waals surface area contributed by atoms with Crippen molar-refractivity contribution >= 4 is 34.3 Å². The van der Waals surface area contributed by atoms with E-state index in [4.69, 9.17) is 4.74 Å². The molecule has 0 aliphatic rings. The average Bonchev–Trinajstić information content (AvgIpc) is 2.74. The van der Waals surface area contributed by atoms with E-state index in [0.29, 0.717) is 22.0 Å². The maximum absolute atomic E-state index is 12.4. The third kappa shape index (κ3) is 4.29. The third-order valence-corrected chi connectivity index (χ3v) is 4.07. The fourth-order valence-corrected chi connectivity index (χ4v) is 2.65. The molecule has 0 aliphatic heterocycles. The first-order chi connectivity index (χ1) is 13.9. The molecule has 3 aromatic rings. The predicted molar refractivity (Wildman–Crippen MR) is 104 cm³/mol. The Morgan fingerprint density at radius 2 is 1.66 bits per heavy atom. The molecule has 1 aromatic heterocycles. The molecule has 9 nitrogen and oxygen atoms in total. The van der Waals surface area contributed by atoms with Crippen molar-refractivity contribution in [3.8, 4) is 0 Å². The van der Waals surface area contributed by atoms with Crippen molar-refractivity contribution in [2.24, 2.45) is 7.05 Å². The number of rotatable bonds is 5. The number of hydrogen-bond donors (Lipinski definition) is 1. The van der Waals surface area contributed by atoms with Crippen LogP contribution in [0.25, 0.3) is 10.8 Å². The highest BCUT2D eigenvalue weighted by atomic mass is 16.5. The van der Waals surface area contributed by atoms with Gasteiger partial charge in [0.1, 0.15) is 0 Å². The van der Waals surface area contributed by atoms with Crippen LogP contribution >= 0.6 is 0 Å². The zero-order valence-corrected chi connectivity index (χ0v) is 15.7. The number of fused-ring (bicyclic) bond motifs is 1. The summed E-state index contributed by atoms with van der Waals surface area (Å²) in [5.41, 5.74) is 0.358. The molecular weight excluding hydrogens is 378 g/mol. The molecule has 0 bridgehead atoms. The Kier molecular flexibility index (Phi) is 5.68. The Hall–Kier alpha value is -4.01. The number of nitrogens with one attached hydrogen (secondary N) is 1. The second kappa shape index (κ2) is 8.34. The minimum atomic E-state index is -0.826. The Bertz CT molecular complexity index is 1150. The van der Waals surface area contributed by atoms with Crippen molar-refractivity contribution in [3.05, 3.63) is 70.1 Å². The van der Waals surface area contributed by atoms with Crippen LogP contribution in [0.1, 0.15) is 20.8 Å². The van der Waals surface area contributed by atoms with Gasteiger partial charge in [0.2, 0.25) is 0 Å². The summed E-state index contributed by atoms with van der Waals surface area (Å²) in [6.07, 6.45) is 0. The van der Waals surface area contributed by atoms with Gasteiger partial charge >= 0.3 is 11.9 Å². The normalized spacial score (nSPS) is 10.4. The van der Waals surface area contributed by atoms with Gasteiger partial charge < -0.3 is 14.8 Å². The topological polar surface area (TPSA) is 117 Å². The number of hydrogen-bond acceptors (Lipinski definition) is 7. The number of carbonyl (C=O) groups excluding carboxylic acids is 3. The van der Waals surface area contributed by atoms with Crippen LogP contribution in [-0.2, 0) is 21.3 Å². The summed E-state index contributed by atoms with van der Waals surface area (Å²) in [7, 11) is 2.70. The predicted octanol–water partition coefficient (Wildman–Crippen LogP) is 1.52. The van der Waals surface area contributed by atoms with Crippen molar-refractivity contribution in [2.45, 2.75) is 0 Å². The third-order valence-electron chi connectivity index (χ3n) is 4.07. The number of ether oxygens (including phenoxy) is 2. The first kappa shape index (κ1) is 19.7. The number of aromatic nitrogens is 2. The maximum atomic E-state index is 12.4. The Morgan fingerprint density at radius 1 is 1.00 bits per heavy atom. The number of benzene rings is 2. The summed E-state index contributed by atoms with van der Waals surface area (Å²) < 4.78 is 10.7. The SMILES string of the molecule is COC(=O)c1ccc(NC(=O)COC(=O)c2nn(C)c(=O)c3ccccc23)cc1. The minimum Gasteiger partial charge on any atom is -0.465 e. The van der Waals surface area contributed by atoms with E-state index < -0.39 is 24.5 Å². The van der Waals surface area contributed by atoms with Crippen molar-refractivity contribution in [3.63, 3.8) is 0 Å². The molecule has 0 saturated heterocycles. The van der Waals surface area contributed by atoms with Crippen LogP contribution < -0.4 is 10.9 Å². The molecule has 0 radical (unpaired) electrons. The number of carbonyl (C=O) groups is 3. The Balaban J connectivity index is 1.67. The molecule has 0 spiro atoms. The van der Waals surface area contributed by atoms with Gasteiger partial charge in [-0.2, -0.15) is 5.10 Å². The Labute approximate surface area is 164 Å². The van der Waals surface area contributed by atoms with Gasteiger partial charge in [-0.3, -0.25) is 9.59 Å². The van der Waals surface area contributed by atoms with Gasteiger partial charge in [0.25, 0.3) is 11.5 Å². The molecule has 0 aliphatic carbocycles. The number of nitrogens with zero attached hydrogens (tertiary/aromatic N) is 2. The number of esters is 2. The van der Waals surface area contributed by atoms with Crippen molar-refractivity contribution < 1.29 is 23.9 Å². The van der Waals surface area contributed by atoms with Crippen molar-refractivity contribution in [1.82, 2.24) is 9.78 Å². The van der Waals surface area contributed by atoms with E-state index in [9.17, 15) is 19.2 Å². The van der Waals surface area contributed by atoms with Crippen molar-refractivity contribution in [1.29, 1.82) is 0 Å². The fourth-order valence-electron chi connectivity index (χ4n) is 2.65. The van der Waals surface area contributed by atoms with Gasteiger partial charge in [-0.1, -0.05) is 18.2 Å². The van der Waals surface area contributed by atoms with E-state index in [0.717, 1.165) is 4.68 Å². The van der Waals surface area contributed by atoms with E-state index in [-0.39, 0.29) is 11.3 Å². The van der Waals surface area contributed by atoms with Crippen LogP contribution in [0.2, 0.25) is 0 Å². The van der Waals surface area contributed by atoms with Crippen LogP contribution in [0.4, 0.5) is 5.69 Å². The second-order valence-corrected chi connectivity index (χ2v) is 6.02. The van der Waals surface area contributed by atoms with Gasteiger partial charge in [0.15, 0.2) is 12.3 Å². The van der Waals surface area contributed by atoms with Gasteiger partial charge in [-0.05, 0) is 30.3 Å². The number of methoxy groups -OCH3 is 1. The number of amides is 1. The standard InChI is InChI=1S/C20H17N3O6/c1-23-18(25)15-6-4-3-5-14(15)17(22-23)20(27)29-11-16(24)21-13-9-7-12(8-10-13)19(26)28-2/h3-10H,11H2,1-2H3,(H,21,24). The molecule has 0 unspecified atom stereocenters. The van der Waals surface area contributed by atoms with Crippen LogP contribution in [0, 0.1) is 0 Å². The van der Waals surface area contributed by atoms with Crippen molar-refractivity contribution in [2.75, 3.05) is 19.0 Å². The molecule has 148 valence electrons. The van der Waals surface area contributed by atoms with Crippen LogP contribution in [0.3, 0.4) is 0 Å². The van der Waals surface area contributed by atoms with E-state index >= 15 is 0 Å². The van der Waals surface area contributed by atoms with Gasteiger partial charge in [-0.25, -0.2) is 14.3 Å². The van der Waals surface area contributed by atoms with Crippen LogP contribution in [0.5, 0.6) is 0 Å². The van der Waals surface area contributed by atoms with Crippen LogP contribution in [-0.4, -0.2) is 41.3 Å². The molecule has 3 rings (SSSR count). The maximum Gasteiger partial charge on any atom is 0.359 e. The van der Waals surface area contributed by atoms with E-state index in [1.54, 1.807) is 24.3 Å². The summed E-state index contributed by atoms with van der Waals surface area (Å²) in [6, 6.07) is 12.6. The smallest absolute Gasteiger partial charge is 0.359 e. The molecule has 0 fully saturated rings. The average molecular weight is 395 g/mol. The summed E-state index contributed by atoms with van der Waals surface area (Å²) in [5.74, 6) is -1.89. The zero-order valence-electron chi connectivity index (χ0n) is 15.7. The largest absolute Gasteiger partial charge is 0.465 e. The molecule has 2 aromatic carbocycles. The fraction of sp³-hybridized carbons (Fsp3) is 0.150. The lowest BCUT2D eigenvalue weighted by Crippen LogP contribution is -2.26. The lowest BCUT2D eigenvalue weighted by atomic mass is 10.1. The van der Waals surface area contributed by atoms with Gasteiger partial charge in [0, 0.05) is 18.1 Å². The molecule has 9 heteroatoms. The first-order valence-corrected chi connectivity index (χ1v) is 8.52. The highest BCUT2D eigenvalue weighted by molar-refractivity contribution is 6.03. The molecule has 1 N–H and O–H groups in total. The molecular formula is C20H17N3O6. The molecule has 1 amide bonds. The van der Waals surface area contributed by atoms with Crippen LogP contribution in [0.15, 0.2) is 53.3 Å². The Morgan fingerprint density at radius 3 is 2.31 bits per heavy atom. The summed E-state index contributed by atoms with van der Waals surface area (Å²) >= 11 is 0. The van der Waals surface area contributed by atoms with Gasteiger partial charge in [-0.15, -0.1) is 0 Å². The summed E-state index contributed by atoms with van der Waals surface area (Å²) in [6.45, 7) is -0.545. The molecule has 0 atom stereocenters. The van der Waals surface area contributed by atoms with Gasteiger partial charge in [0.05, 0.1) is 18.1 Å². The monoisotopic (exact) mass is 395 g/mol. The lowest BCUT2D eigenvalue weighted by Gasteiger charge is -2.09. The minimum absolute atomic E-state index is 0.0575. The molecule has 1 heterocycles. The zero-order chi connectivity index (χ0) is 21.0. The number of aryl methyl sites for hydroxylation is 1. The highest BCUT2D eigenvalue weighted by Gasteiger charge is 2.18. The van der Waals surface area contributed by atoms with E-state index in [1.165, 1.54) is 38.4 Å². The highest BCUT2D eigenvalue weighted by Crippen LogP contribution is 2.14. The molecule has 29 heavy (non-hydrogen) atoms. The summed E-state index contributed by atoms with van der Waals surface area (Å²) in [5, 5.41) is 7.17. The lowest BCUT2D eigenvalue weighted by molar-refractivity contribution is -0.119. The van der Waals surface area contributed by atoms with E-state index in [2.05, 4.69) is 15.2 Å². The quantitative estimate of drug-likeness (QED) is 0.651. The number of anilines is 1. The second-order valence-electron chi connectivity index (χ2n) is 6.02.